The molecular formula is C29H23F3N6O. The largest absolute Gasteiger partial charge is 0.416 e. The third-order valence-electron chi connectivity index (χ3n) is 6.23. The van der Waals surface area contributed by atoms with Crippen LogP contribution in [0, 0.1) is 12.3 Å². The fraction of sp³-hybridized carbons (Fsp3) is 0.0690. The molecule has 0 aliphatic carbocycles. The first-order chi connectivity index (χ1) is 18.6. The molecule has 4 aromatic rings. The normalized spacial score (nSPS) is 14.3. The van der Waals surface area contributed by atoms with Crippen LogP contribution in [0.25, 0.3) is 11.6 Å². The van der Waals surface area contributed by atoms with E-state index in [0.717, 1.165) is 34.6 Å². The van der Waals surface area contributed by atoms with Gasteiger partial charge in [0, 0.05) is 40.0 Å². The first-order valence-electron chi connectivity index (χ1n) is 11.9. The van der Waals surface area contributed by atoms with Gasteiger partial charge >= 0.3 is 6.18 Å². The van der Waals surface area contributed by atoms with Crippen LogP contribution >= 0.6 is 0 Å². The minimum absolute atomic E-state index is 0.00288. The lowest BCUT2D eigenvalue weighted by molar-refractivity contribution is -0.137. The molecule has 39 heavy (non-hydrogen) atoms. The van der Waals surface area contributed by atoms with Crippen LogP contribution < -0.4 is 16.4 Å². The Bertz CT molecular complexity index is 1650. The van der Waals surface area contributed by atoms with Crippen LogP contribution in [-0.2, 0) is 11.0 Å². The number of halogens is 3. The predicted octanol–water partition coefficient (Wildman–Crippen LogP) is 6.31. The van der Waals surface area contributed by atoms with E-state index in [1.165, 1.54) is 12.1 Å². The quantitative estimate of drug-likeness (QED) is 0.119. The van der Waals surface area contributed by atoms with Crippen molar-refractivity contribution in [3.05, 3.63) is 113 Å². The maximum Gasteiger partial charge on any atom is 0.416 e. The summed E-state index contributed by atoms with van der Waals surface area (Å²) >= 11 is 0. The Morgan fingerprint density at radius 1 is 1.03 bits per heavy atom. The molecule has 5 rings (SSSR count). The van der Waals surface area contributed by atoms with E-state index >= 15 is 0 Å². The summed E-state index contributed by atoms with van der Waals surface area (Å²) in [5.74, 6) is -0.589. The second-order valence-corrected chi connectivity index (χ2v) is 8.98. The molecule has 0 saturated carbocycles. The van der Waals surface area contributed by atoms with Gasteiger partial charge in [-0.2, -0.15) is 13.2 Å². The number of rotatable bonds is 5. The van der Waals surface area contributed by atoms with Gasteiger partial charge in [-0.05, 0) is 61.0 Å². The summed E-state index contributed by atoms with van der Waals surface area (Å²) in [7, 11) is 0. The highest BCUT2D eigenvalue weighted by Gasteiger charge is 2.30. The molecule has 0 unspecified atom stereocenters. The lowest BCUT2D eigenvalue weighted by Gasteiger charge is -2.13. The van der Waals surface area contributed by atoms with Crippen LogP contribution in [0.1, 0.15) is 33.5 Å². The Labute approximate surface area is 221 Å². The van der Waals surface area contributed by atoms with E-state index in [1.54, 1.807) is 24.4 Å². The second kappa shape index (κ2) is 9.97. The molecule has 0 saturated heterocycles. The van der Waals surface area contributed by atoms with Crippen LogP contribution in [0.2, 0.25) is 0 Å². The maximum atomic E-state index is 13.0. The molecule has 7 nitrogen and oxygen atoms in total. The van der Waals surface area contributed by atoms with Gasteiger partial charge in [0.2, 0.25) is 0 Å². The van der Waals surface area contributed by atoms with E-state index in [1.807, 2.05) is 43.3 Å². The van der Waals surface area contributed by atoms with Crippen LogP contribution in [-0.4, -0.2) is 22.6 Å². The van der Waals surface area contributed by atoms with Crippen molar-refractivity contribution < 1.29 is 18.0 Å². The molecule has 2 heterocycles. The number of benzene rings is 3. The van der Waals surface area contributed by atoms with Crippen molar-refractivity contribution in [1.29, 1.82) is 5.41 Å². The molecule has 0 radical (unpaired) electrons. The van der Waals surface area contributed by atoms with Crippen molar-refractivity contribution in [3.63, 3.8) is 0 Å². The number of H-pyrrole nitrogens is 1. The maximum absolute atomic E-state index is 13.0. The van der Waals surface area contributed by atoms with Gasteiger partial charge in [0.05, 0.1) is 16.8 Å². The lowest BCUT2D eigenvalue weighted by atomic mass is 10.0. The number of aromatic nitrogens is 1. The molecule has 0 fully saturated rings. The number of fused-ring (bicyclic) bond motifs is 1. The summed E-state index contributed by atoms with van der Waals surface area (Å²) in [6.07, 6.45) is -0.945. The molecule has 3 aromatic carbocycles. The highest BCUT2D eigenvalue weighted by molar-refractivity contribution is 6.35. The number of nitrogens with two attached hydrogens (primary N) is 1. The van der Waals surface area contributed by atoms with Gasteiger partial charge in [0.1, 0.15) is 5.84 Å². The molecular weight excluding hydrogens is 505 g/mol. The smallest absolute Gasteiger partial charge is 0.383 e. The number of hydrogen-bond acceptors (Lipinski definition) is 3. The highest BCUT2D eigenvalue weighted by Crippen LogP contribution is 2.36. The van der Waals surface area contributed by atoms with Crippen molar-refractivity contribution in [1.82, 2.24) is 4.98 Å². The average Bonchev–Trinajstić information content (AvgIpc) is 3.52. The molecule has 1 aliphatic rings. The zero-order valence-electron chi connectivity index (χ0n) is 20.6. The van der Waals surface area contributed by atoms with Gasteiger partial charge in [-0.25, -0.2) is 4.99 Å². The second-order valence-electron chi connectivity index (χ2n) is 8.98. The number of aromatic amines is 1. The molecule has 6 N–H and O–H groups in total. The summed E-state index contributed by atoms with van der Waals surface area (Å²) in [5.41, 5.74) is 10.9. The van der Waals surface area contributed by atoms with Crippen molar-refractivity contribution >= 4 is 46.3 Å². The van der Waals surface area contributed by atoms with Gasteiger partial charge < -0.3 is 21.4 Å². The average molecular weight is 529 g/mol. The summed E-state index contributed by atoms with van der Waals surface area (Å²) in [4.78, 5) is 19.6. The minimum Gasteiger partial charge on any atom is -0.383 e. The summed E-state index contributed by atoms with van der Waals surface area (Å²) in [6.45, 7) is 1.90. The zero-order valence-corrected chi connectivity index (χ0v) is 20.6. The van der Waals surface area contributed by atoms with Gasteiger partial charge in [-0.15, -0.1) is 0 Å². The van der Waals surface area contributed by atoms with Gasteiger partial charge in [-0.3, -0.25) is 10.2 Å². The number of carbonyl (C=O) groups is 1. The lowest BCUT2D eigenvalue weighted by Crippen LogP contribution is -2.16. The number of anilines is 3. The van der Waals surface area contributed by atoms with Crippen LogP contribution in [0.3, 0.4) is 0 Å². The van der Waals surface area contributed by atoms with Crippen LogP contribution in [0.4, 0.5) is 30.2 Å². The third-order valence-corrected chi connectivity index (χ3v) is 6.23. The monoisotopic (exact) mass is 528 g/mol. The Balaban J connectivity index is 1.37. The first kappa shape index (κ1) is 25.5. The SMILES string of the molecule is Cc1ccc(C(N)=NC(=N)c2cccc(C(F)(F)F)c2)cc1Nc1ccc2c(c1)NC(=O)/C2=C\c1ccc[nH]1. The topological polar surface area (TPSA) is 119 Å². The van der Waals surface area contributed by atoms with Crippen LogP contribution in [0.15, 0.2) is 84.0 Å². The molecule has 1 aromatic heterocycles. The minimum atomic E-state index is -4.52. The van der Waals surface area contributed by atoms with Gasteiger partial charge in [0.15, 0.2) is 5.84 Å². The number of hydrogen-bond donors (Lipinski definition) is 5. The number of aryl methyl sites for hydroxylation is 1. The number of carbonyl (C=O) groups excluding carboxylic acids is 1. The van der Waals surface area contributed by atoms with E-state index in [-0.39, 0.29) is 23.1 Å². The van der Waals surface area contributed by atoms with Gasteiger partial charge in [0.25, 0.3) is 5.91 Å². The number of nitrogens with zero attached hydrogens (tertiary/aromatic N) is 1. The van der Waals surface area contributed by atoms with Crippen LogP contribution in [0.5, 0.6) is 0 Å². The molecule has 0 atom stereocenters. The highest BCUT2D eigenvalue weighted by atomic mass is 19.4. The molecule has 196 valence electrons. The van der Waals surface area contributed by atoms with Crippen molar-refractivity contribution in [2.45, 2.75) is 13.1 Å². The fourth-order valence-electron chi connectivity index (χ4n) is 4.17. The number of alkyl halides is 3. The summed E-state index contributed by atoms with van der Waals surface area (Å²) < 4.78 is 39.1. The van der Waals surface area contributed by atoms with Crippen molar-refractivity contribution in [2.24, 2.45) is 10.7 Å². The van der Waals surface area contributed by atoms with E-state index < -0.39 is 11.7 Å². The van der Waals surface area contributed by atoms with E-state index in [0.29, 0.717) is 22.5 Å². The van der Waals surface area contributed by atoms with E-state index in [4.69, 9.17) is 11.1 Å². The fourth-order valence-corrected chi connectivity index (χ4v) is 4.17. The Morgan fingerprint density at radius 3 is 2.59 bits per heavy atom. The molecule has 10 heteroatoms. The third kappa shape index (κ3) is 5.45. The zero-order chi connectivity index (χ0) is 27.7. The Morgan fingerprint density at radius 2 is 1.85 bits per heavy atom. The van der Waals surface area contributed by atoms with E-state index in [9.17, 15) is 18.0 Å². The standard InChI is InChI=1S/C29H23F3N6O/c1-16-7-8-18(27(34)38-26(33)17-4-2-5-19(12-17)29(30,31)32)13-24(16)36-21-9-10-22-23(14-20-6-3-11-35-20)28(39)37-25(22)15-21/h2-15,35-36H,1H3,(H,37,39)(H3,33,34,38)/b23-14-. The summed E-state index contributed by atoms with van der Waals surface area (Å²) in [5, 5.41) is 14.4. The number of nitrogens with one attached hydrogen (secondary N) is 4. The molecule has 0 spiro atoms. The number of amidine groups is 2. The van der Waals surface area contributed by atoms with E-state index in [2.05, 4.69) is 20.6 Å². The van der Waals surface area contributed by atoms with Crippen molar-refractivity contribution in [3.8, 4) is 0 Å². The molecule has 1 aliphatic heterocycles. The Kier molecular flexibility index (Phi) is 6.53. The number of aliphatic imine (C=N–C) groups is 1. The number of amides is 1. The van der Waals surface area contributed by atoms with Gasteiger partial charge in [-0.1, -0.05) is 30.3 Å². The predicted molar refractivity (Wildman–Crippen MR) is 147 cm³/mol. The molecule has 1 amide bonds. The summed E-state index contributed by atoms with van der Waals surface area (Å²) in [6, 6.07) is 19.0. The molecule has 0 bridgehead atoms. The Hall–Kier alpha value is -5.12. The first-order valence-corrected chi connectivity index (χ1v) is 11.9. The van der Waals surface area contributed by atoms with Crippen molar-refractivity contribution in [2.75, 3.05) is 10.6 Å².